The molecule has 1 aromatic carbocycles. The predicted octanol–water partition coefficient (Wildman–Crippen LogP) is 2.18. The summed E-state index contributed by atoms with van der Waals surface area (Å²) in [6.45, 7) is 0. The standard InChI is InChI=1S/C12H10N4O/c13-16-11-8-4-1-2-5-9(8)14-12(15-11)10-6-3-7-17-10/h1-7H,13H2,(H,14,15,16). The number of hydrogen-bond donors (Lipinski definition) is 2. The Morgan fingerprint density at radius 1 is 1.06 bits per heavy atom. The number of nitrogens with one attached hydrogen (secondary N) is 1. The summed E-state index contributed by atoms with van der Waals surface area (Å²) < 4.78 is 5.27. The summed E-state index contributed by atoms with van der Waals surface area (Å²) in [6.07, 6.45) is 1.59. The SMILES string of the molecule is NNc1nc(-c2ccco2)nc2ccccc12. The Morgan fingerprint density at radius 2 is 1.94 bits per heavy atom. The van der Waals surface area contributed by atoms with E-state index >= 15 is 0 Å². The first kappa shape index (κ1) is 9.80. The van der Waals surface area contributed by atoms with Crippen LogP contribution >= 0.6 is 0 Å². The van der Waals surface area contributed by atoms with Crippen molar-refractivity contribution in [3.8, 4) is 11.6 Å². The zero-order valence-electron chi connectivity index (χ0n) is 8.92. The van der Waals surface area contributed by atoms with Gasteiger partial charge in [-0.2, -0.15) is 0 Å². The quantitative estimate of drug-likeness (QED) is 0.517. The van der Waals surface area contributed by atoms with Crippen molar-refractivity contribution < 1.29 is 4.42 Å². The minimum Gasteiger partial charge on any atom is -0.461 e. The van der Waals surface area contributed by atoms with Gasteiger partial charge in [-0.15, -0.1) is 0 Å². The molecule has 3 rings (SSSR count). The van der Waals surface area contributed by atoms with Crippen molar-refractivity contribution in [2.24, 2.45) is 5.84 Å². The molecule has 17 heavy (non-hydrogen) atoms. The van der Waals surface area contributed by atoms with Crippen molar-refractivity contribution in [2.75, 3.05) is 5.43 Å². The molecule has 0 aliphatic rings. The van der Waals surface area contributed by atoms with E-state index in [9.17, 15) is 0 Å². The average Bonchev–Trinajstić information content (AvgIpc) is 2.91. The van der Waals surface area contributed by atoms with Gasteiger partial charge in [0.1, 0.15) is 0 Å². The van der Waals surface area contributed by atoms with Crippen LogP contribution in [0.1, 0.15) is 0 Å². The molecule has 3 N–H and O–H groups in total. The van der Waals surface area contributed by atoms with E-state index in [-0.39, 0.29) is 0 Å². The topological polar surface area (TPSA) is 77.0 Å². The van der Waals surface area contributed by atoms with E-state index < -0.39 is 0 Å². The predicted molar refractivity (Wildman–Crippen MR) is 65.1 cm³/mol. The number of anilines is 1. The zero-order chi connectivity index (χ0) is 11.7. The van der Waals surface area contributed by atoms with Gasteiger partial charge in [0.25, 0.3) is 0 Å². The summed E-state index contributed by atoms with van der Waals surface area (Å²) in [5.74, 6) is 7.19. The Labute approximate surface area is 97.3 Å². The summed E-state index contributed by atoms with van der Waals surface area (Å²) in [4.78, 5) is 8.75. The number of rotatable bonds is 2. The summed E-state index contributed by atoms with van der Waals surface area (Å²) in [5.41, 5.74) is 3.40. The van der Waals surface area contributed by atoms with Crippen LogP contribution in [0.15, 0.2) is 47.1 Å². The highest BCUT2D eigenvalue weighted by Crippen LogP contribution is 2.24. The Kier molecular flexibility index (Phi) is 2.23. The number of hydrazine groups is 1. The highest BCUT2D eigenvalue weighted by Gasteiger charge is 2.09. The van der Waals surface area contributed by atoms with Gasteiger partial charge in [0.05, 0.1) is 11.8 Å². The van der Waals surface area contributed by atoms with Crippen LogP contribution in [0, 0.1) is 0 Å². The van der Waals surface area contributed by atoms with Crippen LogP contribution in [0.25, 0.3) is 22.5 Å². The molecule has 0 spiro atoms. The molecule has 0 radical (unpaired) electrons. The third-order valence-corrected chi connectivity index (χ3v) is 2.48. The van der Waals surface area contributed by atoms with E-state index in [1.165, 1.54) is 0 Å². The fraction of sp³-hybridized carbons (Fsp3) is 0. The van der Waals surface area contributed by atoms with Gasteiger partial charge in [0.15, 0.2) is 17.4 Å². The minimum atomic E-state index is 0.515. The molecule has 0 amide bonds. The van der Waals surface area contributed by atoms with Gasteiger partial charge < -0.3 is 9.84 Å². The molecule has 3 aromatic rings. The van der Waals surface area contributed by atoms with E-state index in [1.54, 1.807) is 12.3 Å². The maximum Gasteiger partial charge on any atom is 0.198 e. The smallest absolute Gasteiger partial charge is 0.198 e. The van der Waals surface area contributed by atoms with Crippen molar-refractivity contribution in [1.29, 1.82) is 0 Å². The van der Waals surface area contributed by atoms with Crippen molar-refractivity contribution in [2.45, 2.75) is 0 Å². The lowest BCUT2D eigenvalue weighted by Crippen LogP contribution is -2.10. The van der Waals surface area contributed by atoms with Gasteiger partial charge in [0.2, 0.25) is 0 Å². The van der Waals surface area contributed by atoms with Crippen molar-refractivity contribution >= 4 is 16.7 Å². The van der Waals surface area contributed by atoms with Crippen molar-refractivity contribution in [3.63, 3.8) is 0 Å². The number of furan rings is 1. The molecule has 5 nitrogen and oxygen atoms in total. The van der Waals surface area contributed by atoms with E-state index in [2.05, 4.69) is 15.4 Å². The average molecular weight is 226 g/mol. The molecule has 0 aliphatic heterocycles. The molecule has 0 saturated heterocycles. The highest BCUT2D eigenvalue weighted by molar-refractivity contribution is 5.90. The zero-order valence-corrected chi connectivity index (χ0v) is 8.92. The lowest BCUT2D eigenvalue weighted by atomic mass is 10.2. The largest absolute Gasteiger partial charge is 0.461 e. The van der Waals surface area contributed by atoms with E-state index in [1.807, 2.05) is 30.3 Å². The number of fused-ring (bicyclic) bond motifs is 1. The van der Waals surface area contributed by atoms with Gasteiger partial charge in [-0.25, -0.2) is 15.8 Å². The summed E-state index contributed by atoms with van der Waals surface area (Å²) >= 11 is 0. The van der Waals surface area contributed by atoms with E-state index in [4.69, 9.17) is 10.3 Å². The summed E-state index contributed by atoms with van der Waals surface area (Å²) in [5, 5.41) is 0.880. The van der Waals surface area contributed by atoms with Gasteiger partial charge in [-0.1, -0.05) is 12.1 Å². The monoisotopic (exact) mass is 226 g/mol. The normalized spacial score (nSPS) is 10.6. The van der Waals surface area contributed by atoms with Gasteiger partial charge >= 0.3 is 0 Å². The third-order valence-electron chi connectivity index (χ3n) is 2.48. The van der Waals surface area contributed by atoms with Crippen molar-refractivity contribution in [1.82, 2.24) is 9.97 Å². The number of para-hydroxylation sites is 1. The molecule has 0 saturated carbocycles. The molecular weight excluding hydrogens is 216 g/mol. The highest BCUT2D eigenvalue weighted by atomic mass is 16.3. The fourth-order valence-corrected chi connectivity index (χ4v) is 1.70. The lowest BCUT2D eigenvalue weighted by molar-refractivity contribution is 0.577. The molecular formula is C12H10N4O. The second kappa shape index (κ2) is 3.88. The van der Waals surface area contributed by atoms with Crippen LogP contribution in [-0.4, -0.2) is 9.97 Å². The number of nitrogens with zero attached hydrogens (tertiary/aromatic N) is 2. The Balaban J connectivity index is 2.28. The van der Waals surface area contributed by atoms with Crippen molar-refractivity contribution in [3.05, 3.63) is 42.7 Å². The molecule has 0 fully saturated rings. The minimum absolute atomic E-state index is 0.515. The van der Waals surface area contributed by atoms with Gasteiger partial charge in [-0.05, 0) is 24.3 Å². The molecule has 2 aromatic heterocycles. The maximum absolute atomic E-state index is 5.47. The summed E-state index contributed by atoms with van der Waals surface area (Å²) in [6, 6.07) is 11.3. The number of nitrogens with two attached hydrogens (primary N) is 1. The maximum atomic E-state index is 5.47. The molecule has 2 heterocycles. The van der Waals surface area contributed by atoms with Crippen LogP contribution in [0.4, 0.5) is 5.82 Å². The van der Waals surface area contributed by atoms with Gasteiger partial charge in [0, 0.05) is 5.39 Å². The number of benzene rings is 1. The molecule has 0 aliphatic carbocycles. The van der Waals surface area contributed by atoms with Crippen LogP contribution in [0.5, 0.6) is 0 Å². The molecule has 0 unspecified atom stereocenters. The lowest BCUT2D eigenvalue weighted by Gasteiger charge is -2.05. The first-order valence-corrected chi connectivity index (χ1v) is 5.16. The summed E-state index contributed by atoms with van der Waals surface area (Å²) in [7, 11) is 0. The first-order valence-electron chi connectivity index (χ1n) is 5.16. The van der Waals surface area contributed by atoms with Crippen LogP contribution in [-0.2, 0) is 0 Å². The Bertz CT molecular complexity index is 649. The first-order chi connectivity index (χ1) is 8.38. The van der Waals surface area contributed by atoms with Crippen LogP contribution in [0.3, 0.4) is 0 Å². The van der Waals surface area contributed by atoms with E-state index in [0.717, 1.165) is 10.9 Å². The van der Waals surface area contributed by atoms with Crippen LogP contribution < -0.4 is 11.3 Å². The molecule has 0 atom stereocenters. The second-order valence-electron chi connectivity index (χ2n) is 3.53. The number of aromatic nitrogens is 2. The molecule has 0 bridgehead atoms. The third kappa shape index (κ3) is 1.62. The molecule has 84 valence electrons. The Hall–Kier alpha value is -2.40. The molecule has 5 heteroatoms. The van der Waals surface area contributed by atoms with E-state index in [0.29, 0.717) is 17.4 Å². The fourth-order valence-electron chi connectivity index (χ4n) is 1.70. The number of hydrogen-bond acceptors (Lipinski definition) is 5. The second-order valence-corrected chi connectivity index (χ2v) is 3.53. The Morgan fingerprint density at radius 3 is 2.71 bits per heavy atom. The number of nitrogen functional groups attached to an aromatic ring is 1. The van der Waals surface area contributed by atoms with Crippen LogP contribution in [0.2, 0.25) is 0 Å². The van der Waals surface area contributed by atoms with Gasteiger partial charge in [-0.3, -0.25) is 0 Å².